The fourth-order valence-electron chi connectivity index (χ4n) is 2.22. The van der Waals surface area contributed by atoms with Crippen LogP contribution in [0.15, 0.2) is 18.2 Å². The summed E-state index contributed by atoms with van der Waals surface area (Å²) >= 11 is 11.8. The van der Waals surface area contributed by atoms with E-state index in [4.69, 9.17) is 27.9 Å². The predicted molar refractivity (Wildman–Crippen MR) is 73.6 cm³/mol. The highest BCUT2D eigenvalue weighted by molar-refractivity contribution is 6.36. The van der Waals surface area contributed by atoms with Crippen LogP contribution in [0.4, 0.5) is 0 Å². The van der Waals surface area contributed by atoms with Gasteiger partial charge >= 0.3 is 0 Å². The van der Waals surface area contributed by atoms with Crippen molar-refractivity contribution < 1.29 is 9.53 Å². The number of benzene rings is 1. The molecule has 1 saturated carbocycles. The average Bonchev–Trinajstić information content (AvgIpc) is 2.37. The van der Waals surface area contributed by atoms with Gasteiger partial charge in [-0.3, -0.25) is 4.79 Å². The summed E-state index contributed by atoms with van der Waals surface area (Å²) < 4.78 is 5.64. The lowest BCUT2D eigenvalue weighted by Crippen LogP contribution is -2.21. The summed E-state index contributed by atoms with van der Waals surface area (Å²) in [5.41, 5.74) is 0.483. The van der Waals surface area contributed by atoms with Crippen LogP contribution in [0.25, 0.3) is 0 Å². The third-order valence-electron chi connectivity index (χ3n) is 3.23. The smallest absolute Gasteiger partial charge is 0.189 e. The molecule has 0 amide bonds. The van der Waals surface area contributed by atoms with Crippen molar-refractivity contribution in [2.45, 2.75) is 38.2 Å². The molecule has 1 aliphatic carbocycles. The third-order valence-corrected chi connectivity index (χ3v) is 3.78. The van der Waals surface area contributed by atoms with E-state index in [9.17, 15) is 4.79 Å². The first kappa shape index (κ1) is 13.9. The van der Waals surface area contributed by atoms with E-state index in [2.05, 4.69) is 0 Å². The van der Waals surface area contributed by atoms with Crippen molar-refractivity contribution in [3.05, 3.63) is 33.8 Å². The van der Waals surface area contributed by atoms with E-state index in [1.165, 1.54) is 19.3 Å². The van der Waals surface area contributed by atoms with Crippen LogP contribution in [0, 0.1) is 0 Å². The second kappa shape index (κ2) is 6.55. The minimum absolute atomic E-state index is 0.0813. The van der Waals surface area contributed by atoms with Crippen LogP contribution in [0.5, 0.6) is 0 Å². The first-order valence-electron chi connectivity index (χ1n) is 6.26. The molecule has 1 aromatic carbocycles. The summed E-state index contributed by atoms with van der Waals surface area (Å²) in [5, 5.41) is 0.921. The molecular weight excluding hydrogens is 271 g/mol. The van der Waals surface area contributed by atoms with E-state index < -0.39 is 0 Å². The van der Waals surface area contributed by atoms with Gasteiger partial charge in [-0.2, -0.15) is 0 Å². The van der Waals surface area contributed by atoms with E-state index in [0.717, 1.165) is 12.8 Å². The van der Waals surface area contributed by atoms with Gasteiger partial charge in [-0.1, -0.05) is 42.5 Å². The van der Waals surface area contributed by atoms with Crippen LogP contribution >= 0.6 is 23.2 Å². The molecule has 0 aromatic heterocycles. The third kappa shape index (κ3) is 3.71. The molecule has 0 aliphatic heterocycles. The number of halogens is 2. The number of carbonyl (C=O) groups excluding carboxylic acids is 1. The second-order valence-electron chi connectivity index (χ2n) is 4.62. The van der Waals surface area contributed by atoms with Gasteiger partial charge in [0.1, 0.15) is 6.61 Å². The zero-order valence-corrected chi connectivity index (χ0v) is 11.6. The van der Waals surface area contributed by atoms with Gasteiger partial charge in [0.15, 0.2) is 5.78 Å². The summed E-state index contributed by atoms with van der Waals surface area (Å²) in [4.78, 5) is 12.0. The molecule has 0 heterocycles. The number of rotatable bonds is 4. The van der Waals surface area contributed by atoms with Gasteiger partial charge in [-0.05, 0) is 31.0 Å². The molecule has 2 nitrogen and oxygen atoms in total. The summed E-state index contributed by atoms with van der Waals surface area (Å²) in [7, 11) is 0. The first-order valence-corrected chi connectivity index (χ1v) is 7.02. The maximum Gasteiger partial charge on any atom is 0.189 e. The fraction of sp³-hybridized carbons (Fsp3) is 0.500. The molecule has 1 aromatic rings. The van der Waals surface area contributed by atoms with Gasteiger partial charge < -0.3 is 4.74 Å². The quantitative estimate of drug-likeness (QED) is 0.761. The molecule has 2 rings (SSSR count). The van der Waals surface area contributed by atoms with Gasteiger partial charge in [0.2, 0.25) is 0 Å². The van der Waals surface area contributed by atoms with Crippen molar-refractivity contribution in [1.82, 2.24) is 0 Å². The Hall–Kier alpha value is -0.570. The Morgan fingerprint density at radius 2 is 1.94 bits per heavy atom. The molecule has 18 heavy (non-hydrogen) atoms. The highest BCUT2D eigenvalue weighted by atomic mass is 35.5. The van der Waals surface area contributed by atoms with Gasteiger partial charge in [0.25, 0.3) is 0 Å². The van der Waals surface area contributed by atoms with Crippen LogP contribution in [0.3, 0.4) is 0 Å². The Bertz CT molecular complexity index is 426. The van der Waals surface area contributed by atoms with Crippen molar-refractivity contribution in [1.29, 1.82) is 0 Å². The van der Waals surface area contributed by atoms with Crippen molar-refractivity contribution in [2.24, 2.45) is 0 Å². The Morgan fingerprint density at radius 3 is 2.61 bits per heavy atom. The van der Waals surface area contributed by atoms with Crippen molar-refractivity contribution in [2.75, 3.05) is 6.61 Å². The maximum absolute atomic E-state index is 12.0. The first-order chi connectivity index (χ1) is 8.66. The largest absolute Gasteiger partial charge is 0.370 e. The predicted octanol–water partition coefficient (Wildman–Crippen LogP) is 4.53. The monoisotopic (exact) mass is 286 g/mol. The topological polar surface area (TPSA) is 26.3 Å². The Kier molecular flexibility index (Phi) is 5.04. The van der Waals surface area contributed by atoms with Gasteiger partial charge in [-0.25, -0.2) is 0 Å². The Labute approximate surface area is 117 Å². The Balaban J connectivity index is 1.90. The molecule has 0 radical (unpaired) electrons. The van der Waals surface area contributed by atoms with Crippen LogP contribution in [0.2, 0.25) is 10.0 Å². The van der Waals surface area contributed by atoms with Gasteiger partial charge in [0.05, 0.1) is 11.1 Å². The molecule has 0 atom stereocenters. The Morgan fingerprint density at radius 1 is 1.22 bits per heavy atom. The fourth-order valence-corrected chi connectivity index (χ4v) is 2.73. The number of Topliss-reactive ketones (excluding diaryl/α,β-unsaturated/α-hetero) is 1. The standard InChI is InChI=1S/C14H16Cl2O2/c15-10-6-7-12(13(16)8-10)14(17)9-18-11-4-2-1-3-5-11/h6-8,11H,1-5,9H2. The number of carbonyl (C=O) groups is 1. The second-order valence-corrected chi connectivity index (χ2v) is 5.46. The van der Waals surface area contributed by atoms with Crippen LogP contribution < -0.4 is 0 Å². The zero-order valence-electron chi connectivity index (χ0n) is 10.1. The lowest BCUT2D eigenvalue weighted by Gasteiger charge is -2.21. The normalized spacial score (nSPS) is 16.8. The summed E-state index contributed by atoms with van der Waals surface area (Å²) in [6, 6.07) is 4.90. The number of hydrogen-bond donors (Lipinski definition) is 0. The molecule has 0 bridgehead atoms. The summed E-state index contributed by atoms with van der Waals surface area (Å²) in [6.07, 6.45) is 6.01. The van der Waals surface area contributed by atoms with Crippen LogP contribution in [-0.2, 0) is 4.74 Å². The average molecular weight is 287 g/mol. The number of ketones is 1. The van der Waals surface area contributed by atoms with E-state index >= 15 is 0 Å². The molecule has 1 fully saturated rings. The lowest BCUT2D eigenvalue weighted by atomic mass is 9.98. The minimum Gasteiger partial charge on any atom is -0.370 e. The number of ether oxygens (including phenoxy) is 1. The summed E-state index contributed by atoms with van der Waals surface area (Å²) in [6.45, 7) is 0.103. The van der Waals surface area contributed by atoms with Crippen LogP contribution in [-0.4, -0.2) is 18.5 Å². The molecule has 0 saturated heterocycles. The zero-order chi connectivity index (χ0) is 13.0. The van der Waals surface area contributed by atoms with Gasteiger partial charge in [-0.15, -0.1) is 0 Å². The van der Waals surface area contributed by atoms with E-state index in [-0.39, 0.29) is 18.5 Å². The molecular formula is C14H16Cl2O2. The van der Waals surface area contributed by atoms with Crippen molar-refractivity contribution in [3.63, 3.8) is 0 Å². The molecule has 1 aliphatic rings. The highest BCUT2D eigenvalue weighted by Gasteiger charge is 2.17. The van der Waals surface area contributed by atoms with E-state index in [1.807, 2.05) is 0 Å². The minimum atomic E-state index is -0.0813. The van der Waals surface area contributed by atoms with Gasteiger partial charge in [0, 0.05) is 10.6 Å². The molecule has 0 N–H and O–H groups in total. The van der Waals surface area contributed by atoms with Crippen molar-refractivity contribution in [3.8, 4) is 0 Å². The molecule has 0 unspecified atom stereocenters. The van der Waals surface area contributed by atoms with Crippen molar-refractivity contribution >= 4 is 29.0 Å². The van der Waals surface area contributed by atoms with Crippen LogP contribution in [0.1, 0.15) is 42.5 Å². The molecule has 4 heteroatoms. The maximum atomic E-state index is 12.0. The molecule has 0 spiro atoms. The lowest BCUT2D eigenvalue weighted by molar-refractivity contribution is 0.0284. The van der Waals surface area contributed by atoms with E-state index in [1.54, 1.807) is 18.2 Å². The van der Waals surface area contributed by atoms with E-state index in [0.29, 0.717) is 15.6 Å². The highest BCUT2D eigenvalue weighted by Crippen LogP contribution is 2.23. The molecule has 98 valence electrons. The summed E-state index contributed by atoms with van der Waals surface area (Å²) in [5.74, 6) is -0.0813. The SMILES string of the molecule is O=C(COC1CCCCC1)c1ccc(Cl)cc1Cl. The number of hydrogen-bond acceptors (Lipinski definition) is 2.